The molecule has 7 nitrogen and oxygen atoms in total. The Bertz CT molecular complexity index is 730. The average Bonchev–Trinajstić information content (AvgIpc) is 2.72. The quantitative estimate of drug-likeness (QED) is 0.324. The third-order valence-corrected chi connectivity index (χ3v) is 7.49. The summed E-state index contributed by atoms with van der Waals surface area (Å²) < 4.78 is 6.09. The highest BCUT2D eigenvalue weighted by atomic mass is 16.5. The lowest BCUT2D eigenvalue weighted by atomic mass is 9.66. The highest BCUT2D eigenvalue weighted by Gasteiger charge is 2.44. The number of aliphatic hydroxyl groups excluding tert-OH is 3. The van der Waals surface area contributed by atoms with Gasteiger partial charge in [-0.1, -0.05) is 45.4 Å². The van der Waals surface area contributed by atoms with E-state index < -0.39 is 35.8 Å². The van der Waals surface area contributed by atoms with Gasteiger partial charge < -0.3 is 25.2 Å². The highest BCUT2D eigenvalue weighted by molar-refractivity contribution is 5.76. The van der Waals surface area contributed by atoms with E-state index in [1.54, 1.807) is 0 Å². The Balaban J connectivity index is 2.15. The van der Waals surface area contributed by atoms with Crippen LogP contribution in [-0.2, 0) is 14.3 Å². The molecule has 0 heterocycles. The minimum absolute atomic E-state index is 0.0135. The molecule has 8 atom stereocenters. The number of carboxylic acids is 1. The van der Waals surface area contributed by atoms with E-state index in [9.17, 15) is 24.9 Å². The lowest BCUT2D eigenvalue weighted by Crippen LogP contribution is -2.44. The van der Waals surface area contributed by atoms with Crippen molar-refractivity contribution < 1.29 is 34.8 Å². The lowest BCUT2D eigenvalue weighted by Gasteiger charge is -2.43. The summed E-state index contributed by atoms with van der Waals surface area (Å²) in [6, 6.07) is 0. The van der Waals surface area contributed by atoms with Gasteiger partial charge in [0.15, 0.2) is 0 Å². The second kappa shape index (κ2) is 12.1. The van der Waals surface area contributed by atoms with Crippen molar-refractivity contribution in [2.45, 2.75) is 103 Å². The Hall–Kier alpha value is -1.70. The number of hydrogen-bond donors (Lipinski definition) is 4. The molecule has 2 rings (SSSR count). The fourth-order valence-electron chi connectivity index (χ4n) is 5.34. The van der Waals surface area contributed by atoms with Crippen molar-refractivity contribution >= 4 is 11.9 Å². The molecule has 7 heteroatoms. The molecule has 0 aromatic carbocycles. The van der Waals surface area contributed by atoms with Crippen LogP contribution < -0.4 is 0 Å². The fraction of sp³-hybridized carbons (Fsp3) is 0.769. The summed E-state index contributed by atoms with van der Waals surface area (Å²) in [6.07, 6.45) is 6.25. The van der Waals surface area contributed by atoms with Crippen LogP contribution in [0.5, 0.6) is 0 Å². The zero-order chi connectivity index (χ0) is 24.8. The van der Waals surface area contributed by atoms with Crippen molar-refractivity contribution in [2.75, 3.05) is 0 Å². The fourth-order valence-corrected chi connectivity index (χ4v) is 5.34. The van der Waals surface area contributed by atoms with Gasteiger partial charge in [-0.05, 0) is 56.4 Å². The number of aliphatic carboxylic acids is 1. The van der Waals surface area contributed by atoms with E-state index in [4.69, 9.17) is 9.84 Å². The Kier molecular flexibility index (Phi) is 10.1. The summed E-state index contributed by atoms with van der Waals surface area (Å²) in [7, 11) is 0. The van der Waals surface area contributed by atoms with Crippen LogP contribution >= 0.6 is 0 Å². The summed E-state index contributed by atoms with van der Waals surface area (Å²) in [5.41, 5.74) is 0.409. The molecule has 2 aliphatic rings. The molecule has 4 N–H and O–H groups in total. The number of rotatable bonds is 12. The van der Waals surface area contributed by atoms with Crippen molar-refractivity contribution in [1.82, 2.24) is 0 Å². The zero-order valence-electron chi connectivity index (χ0n) is 20.4. The van der Waals surface area contributed by atoms with Crippen molar-refractivity contribution in [3.05, 3.63) is 23.8 Å². The van der Waals surface area contributed by atoms with Crippen molar-refractivity contribution in [1.29, 1.82) is 0 Å². The van der Waals surface area contributed by atoms with Crippen LogP contribution in [0.1, 0.15) is 79.1 Å². The predicted octanol–water partition coefficient (Wildman–Crippen LogP) is 3.61. The Morgan fingerprint density at radius 1 is 1.24 bits per heavy atom. The molecule has 0 radical (unpaired) electrons. The van der Waals surface area contributed by atoms with Gasteiger partial charge in [0, 0.05) is 12.3 Å². The molecule has 0 spiro atoms. The van der Waals surface area contributed by atoms with E-state index in [0.29, 0.717) is 25.7 Å². The number of carbonyl (C=O) groups is 2. The number of allylic oxidation sites excluding steroid dienone is 2. The van der Waals surface area contributed by atoms with Gasteiger partial charge in [-0.2, -0.15) is 0 Å². The summed E-state index contributed by atoms with van der Waals surface area (Å²) >= 11 is 0. The monoisotopic (exact) mass is 466 g/mol. The van der Waals surface area contributed by atoms with Crippen molar-refractivity contribution in [3.8, 4) is 0 Å². The first-order chi connectivity index (χ1) is 15.5. The number of hydrogen-bond acceptors (Lipinski definition) is 6. The molecule has 0 bridgehead atoms. The molecule has 0 aromatic heterocycles. The molecule has 0 fully saturated rings. The SMILES string of the molecule is CCC[C@](C)(CC)C(=O)O[C@H]1C[C@H](O)C=C2C=C[C@H](C)C(CC[C@@H](O)C[C@@H](O)CC(=O)O)[C@H]21. The van der Waals surface area contributed by atoms with Crippen LogP contribution in [0.4, 0.5) is 0 Å². The Morgan fingerprint density at radius 2 is 1.94 bits per heavy atom. The van der Waals surface area contributed by atoms with Crippen LogP contribution in [-0.4, -0.2) is 56.8 Å². The van der Waals surface area contributed by atoms with Crippen molar-refractivity contribution in [3.63, 3.8) is 0 Å². The minimum atomic E-state index is -1.09. The van der Waals surface area contributed by atoms with Gasteiger partial charge in [0.2, 0.25) is 0 Å². The van der Waals surface area contributed by atoms with E-state index in [-0.39, 0.29) is 36.6 Å². The average molecular weight is 467 g/mol. The third-order valence-electron chi connectivity index (χ3n) is 7.49. The molecule has 188 valence electrons. The van der Waals surface area contributed by atoms with Gasteiger partial charge in [0.25, 0.3) is 0 Å². The number of ether oxygens (including phenoxy) is 1. The zero-order valence-corrected chi connectivity index (χ0v) is 20.4. The van der Waals surface area contributed by atoms with Crippen molar-refractivity contribution in [2.24, 2.45) is 23.2 Å². The predicted molar refractivity (Wildman–Crippen MR) is 125 cm³/mol. The largest absolute Gasteiger partial charge is 0.481 e. The minimum Gasteiger partial charge on any atom is -0.481 e. The highest BCUT2D eigenvalue weighted by Crippen LogP contribution is 2.44. The molecule has 0 aliphatic heterocycles. The van der Waals surface area contributed by atoms with Gasteiger partial charge >= 0.3 is 11.9 Å². The van der Waals surface area contributed by atoms with E-state index >= 15 is 0 Å². The first-order valence-electron chi connectivity index (χ1n) is 12.4. The van der Waals surface area contributed by atoms with E-state index in [0.717, 1.165) is 18.4 Å². The van der Waals surface area contributed by atoms with Gasteiger partial charge in [0.1, 0.15) is 6.10 Å². The van der Waals surface area contributed by atoms with Gasteiger partial charge in [-0.15, -0.1) is 0 Å². The molecular weight excluding hydrogens is 424 g/mol. The Morgan fingerprint density at radius 3 is 2.55 bits per heavy atom. The Labute approximate surface area is 197 Å². The number of carboxylic acid groups (broad SMARTS) is 1. The molecule has 0 amide bonds. The number of esters is 1. The smallest absolute Gasteiger partial charge is 0.312 e. The van der Waals surface area contributed by atoms with Crippen LogP contribution in [0.3, 0.4) is 0 Å². The van der Waals surface area contributed by atoms with Gasteiger partial charge in [-0.25, -0.2) is 0 Å². The topological polar surface area (TPSA) is 124 Å². The maximum atomic E-state index is 13.1. The maximum Gasteiger partial charge on any atom is 0.312 e. The number of fused-ring (bicyclic) bond motifs is 1. The molecule has 0 aromatic rings. The van der Waals surface area contributed by atoms with Crippen LogP contribution in [0, 0.1) is 23.2 Å². The summed E-state index contributed by atoms with van der Waals surface area (Å²) in [6.45, 7) is 8.08. The van der Waals surface area contributed by atoms with Crippen LogP contribution in [0.25, 0.3) is 0 Å². The molecule has 0 saturated carbocycles. The normalized spacial score (nSPS) is 30.5. The maximum absolute atomic E-state index is 13.1. The third kappa shape index (κ3) is 7.39. The second-order valence-corrected chi connectivity index (χ2v) is 10.2. The van der Waals surface area contributed by atoms with E-state index in [1.807, 2.05) is 26.0 Å². The van der Waals surface area contributed by atoms with Crippen LogP contribution in [0.2, 0.25) is 0 Å². The molecule has 33 heavy (non-hydrogen) atoms. The van der Waals surface area contributed by atoms with E-state index in [1.165, 1.54) is 0 Å². The number of aliphatic hydroxyl groups is 3. The molecule has 0 saturated heterocycles. The first-order valence-corrected chi connectivity index (χ1v) is 12.4. The molecular formula is C26H42O7. The van der Waals surface area contributed by atoms with Gasteiger partial charge in [-0.3, -0.25) is 9.59 Å². The number of carbonyl (C=O) groups excluding carboxylic acids is 1. The summed E-state index contributed by atoms with van der Waals surface area (Å²) in [5, 5.41) is 39.4. The molecule has 1 unspecified atom stereocenters. The molecule has 2 aliphatic carbocycles. The van der Waals surface area contributed by atoms with E-state index in [2.05, 4.69) is 19.9 Å². The second-order valence-electron chi connectivity index (χ2n) is 10.2. The summed E-state index contributed by atoms with van der Waals surface area (Å²) in [4.78, 5) is 23.9. The summed E-state index contributed by atoms with van der Waals surface area (Å²) in [5.74, 6) is -1.10. The van der Waals surface area contributed by atoms with Gasteiger partial charge in [0.05, 0.1) is 30.1 Å². The van der Waals surface area contributed by atoms with Crippen LogP contribution in [0.15, 0.2) is 23.8 Å². The first kappa shape index (κ1) is 27.5. The lowest BCUT2D eigenvalue weighted by molar-refractivity contribution is -0.167. The standard InChI is InChI=1S/C26H42O7/c1-5-11-26(4,6-2)25(32)33-22-14-19(28)12-17-8-7-16(3)21(24(17)22)10-9-18(27)13-20(29)15-23(30)31/h7-8,12,16,18-22,24,27-29H,5-6,9-11,13-15H2,1-4H3,(H,30,31)/t16-,18+,19+,20+,21?,22-,24-,26-/m0/s1.